The first-order chi connectivity index (χ1) is 9.91. The monoisotopic (exact) mass is 288 g/mol. The molecule has 0 bridgehead atoms. The van der Waals surface area contributed by atoms with E-state index in [2.05, 4.69) is 20.8 Å². The molecule has 0 aromatic carbocycles. The van der Waals surface area contributed by atoms with Crippen LogP contribution in [-0.2, 0) is 4.79 Å². The highest BCUT2D eigenvalue weighted by atomic mass is 16.1. The minimum absolute atomic E-state index is 0.0555. The third-order valence-corrected chi connectivity index (χ3v) is 9.05. The molecule has 4 aliphatic carbocycles. The SMILES string of the molecule is CC12CCC3C(CCC4(C)CCCCC34C)C1CCC2=O. The summed E-state index contributed by atoms with van der Waals surface area (Å²) in [5.74, 6) is 3.06. The first kappa shape index (κ1) is 14.3. The minimum atomic E-state index is 0.0555. The number of carbonyl (C=O) groups is 1. The van der Waals surface area contributed by atoms with Gasteiger partial charge < -0.3 is 0 Å². The zero-order chi connectivity index (χ0) is 14.9. The van der Waals surface area contributed by atoms with Gasteiger partial charge in [-0.2, -0.15) is 0 Å². The van der Waals surface area contributed by atoms with Crippen LogP contribution in [0.1, 0.15) is 85.0 Å². The van der Waals surface area contributed by atoms with Crippen LogP contribution in [0.25, 0.3) is 0 Å². The van der Waals surface area contributed by atoms with Crippen LogP contribution in [0.5, 0.6) is 0 Å². The van der Waals surface area contributed by atoms with Gasteiger partial charge in [0, 0.05) is 11.8 Å². The Bertz CT molecular complexity index is 468. The normalized spacial score (nSPS) is 56.5. The molecule has 118 valence electrons. The summed E-state index contributed by atoms with van der Waals surface area (Å²) in [5.41, 5.74) is 1.20. The van der Waals surface area contributed by atoms with E-state index in [1.165, 1.54) is 57.8 Å². The van der Waals surface area contributed by atoms with Gasteiger partial charge in [0.05, 0.1) is 0 Å². The van der Waals surface area contributed by atoms with Crippen LogP contribution in [0.3, 0.4) is 0 Å². The molecule has 0 aromatic rings. The Morgan fingerprint density at radius 3 is 2.43 bits per heavy atom. The molecular weight excluding hydrogens is 256 g/mol. The summed E-state index contributed by atoms with van der Waals surface area (Å²) in [4.78, 5) is 12.4. The molecule has 6 unspecified atom stereocenters. The van der Waals surface area contributed by atoms with Crippen LogP contribution in [-0.4, -0.2) is 5.78 Å². The van der Waals surface area contributed by atoms with Crippen molar-refractivity contribution in [3.05, 3.63) is 0 Å². The highest BCUT2D eigenvalue weighted by Gasteiger charge is 2.62. The summed E-state index contributed by atoms with van der Waals surface area (Å²) in [7, 11) is 0. The number of ketones is 1. The molecule has 6 atom stereocenters. The van der Waals surface area contributed by atoms with Gasteiger partial charge >= 0.3 is 0 Å². The van der Waals surface area contributed by atoms with Crippen LogP contribution in [0.2, 0.25) is 0 Å². The Balaban J connectivity index is 1.69. The summed E-state index contributed by atoms with van der Waals surface area (Å²) in [5, 5.41) is 0. The smallest absolute Gasteiger partial charge is 0.139 e. The quantitative estimate of drug-likeness (QED) is 0.585. The van der Waals surface area contributed by atoms with Crippen LogP contribution in [0, 0.1) is 34.0 Å². The second-order valence-corrected chi connectivity index (χ2v) is 9.52. The van der Waals surface area contributed by atoms with Gasteiger partial charge in [-0.1, -0.05) is 33.6 Å². The Morgan fingerprint density at radius 2 is 1.62 bits per heavy atom. The Hall–Kier alpha value is -0.330. The van der Waals surface area contributed by atoms with Gasteiger partial charge in [0.2, 0.25) is 0 Å². The van der Waals surface area contributed by atoms with E-state index < -0.39 is 0 Å². The maximum Gasteiger partial charge on any atom is 0.139 e. The van der Waals surface area contributed by atoms with E-state index in [0.29, 0.717) is 22.5 Å². The second kappa shape index (κ2) is 4.36. The summed E-state index contributed by atoms with van der Waals surface area (Å²) in [6, 6.07) is 0. The molecule has 1 heteroatoms. The highest BCUT2D eigenvalue weighted by Crippen LogP contribution is 2.69. The molecule has 0 spiro atoms. The predicted octanol–water partition coefficient (Wildman–Crippen LogP) is 5.38. The number of Topliss-reactive ketones (excluding diaryl/α,β-unsaturated/α-hetero) is 1. The predicted molar refractivity (Wildman–Crippen MR) is 86.0 cm³/mol. The molecule has 0 aromatic heterocycles. The van der Waals surface area contributed by atoms with Gasteiger partial charge in [-0.15, -0.1) is 0 Å². The number of carbonyl (C=O) groups excluding carboxylic acids is 1. The average Bonchev–Trinajstić information content (AvgIpc) is 2.76. The number of rotatable bonds is 0. The van der Waals surface area contributed by atoms with Gasteiger partial charge in [0.15, 0.2) is 0 Å². The highest BCUT2D eigenvalue weighted by molar-refractivity contribution is 5.87. The number of hydrogen-bond acceptors (Lipinski definition) is 1. The first-order valence-electron chi connectivity index (χ1n) is 9.44. The molecule has 0 amide bonds. The van der Waals surface area contributed by atoms with Crippen molar-refractivity contribution in [2.45, 2.75) is 85.0 Å². The van der Waals surface area contributed by atoms with Crippen molar-refractivity contribution in [2.24, 2.45) is 34.0 Å². The molecule has 0 N–H and O–H groups in total. The Morgan fingerprint density at radius 1 is 0.857 bits per heavy atom. The van der Waals surface area contributed by atoms with Crippen molar-refractivity contribution < 1.29 is 4.79 Å². The number of fused-ring (bicyclic) bond motifs is 5. The summed E-state index contributed by atoms with van der Waals surface area (Å²) < 4.78 is 0. The van der Waals surface area contributed by atoms with Gasteiger partial charge in [0.25, 0.3) is 0 Å². The average molecular weight is 288 g/mol. The Labute approximate surface area is 130 Å². The van der Waals surface area contributed by atoms with Gasteiger partial charge in [0.1, 0.15) is 5.78 Å². The first-order valence-corrected chi connectivity index (χ1v) is 9.44. The summed E-state index contributed by atoms with van der Waals surface area (Å²) in [6.45, 7) is 7.53. The Kier molecular flexibility index (Phi) is 2.96. The summed E-state index contributed by atoms with van der Waals surface area (Å²) >= 11 is 0. The third kappa shape index (κ3) is 1.67. The van der Waals surface area contributed by atoms with E-state index in [-0.39, 0.29) is 5.41 Å². The van der Waals surface area contributed by atoms with Crippen molar-refractivity contribution in [3.8, 4) is 0 Å². The zero-order valence-electron chi connectivity index (χ0n) is 14.2. The van der Waals surface area contributed by atoms with Crippen LogP contribution < -0.4 is 0 Å². The van der Waals surface area contributed by atoms with Crippen LogP contribution >= 0.6 is 0 Å². The second-order valence-electron chi connectivity index (χ2n) is 9.52. The largest absolute Gasteiger partial charge is 0.299 e. The van der Waals surface area contributed by atoms with E-state index >= 15 is 0 Å². The molecule has 4 rings (SSSR count). The lowest BCUT2D eigenvalue weighted by atomic mass is 9.41. The molecular formula is C20H32O. The lowest BCUT2D eigenvalue weighted by Crippen LogP contribution is -2.56. The molecule has 1 nitrogen and oxygen atoms in total. The molecule has 4 saturated carbocycles. The molecule has 0 radical (unpaired) electrons. The van der Waals surface area contributed by atoms with Gasteiger partial charge in [-0.3, -0.25) is 4.79 Å². The fourth-order valence-electron chi connectivity index (χ4n) is 7.38. The van der Waals surface area contributed by atoms with E-state index in [0.717, 1.165) is 18.3 Å². The molecule has 21 heavy (non-hydrogen) atoms. The van der Waals surface area contributed by atoms with Crippen molar-refractivity contribution >= 4 is 5.78 Å². The molecule has 4 aliphatic rings. The molecule has 0 heterocycles. The van der Waals surface area contributed by atoms with Gasteiger partial charge in [-0.05, 0) is 73.5 Å². The van der Waals surface area contributed by atoms with E-state index in [1.54, 1.807) is 0 Å². The third-order valence-electron chi connectivity index (χ3n) is 9.05. The lowest BCUT2D eigenvalue weighted by Gasteiger charge is -2.64. The lowest BCUT2D eigenvalue weighted by molar-refractivity contribution is -0.155. The van der Waals surface area contributed by atoms with Crippen LogP contribution in [0.4, 0.5) is 0 Å². The van der Waals surface area contributed by atoms with Crippen LogP contribution in [0.15, 0.2) is 0 Å². The fraction of sp³-hybridized carbons (Fsp3) is 0.950. The van der Waals surface area contributed by atoms with Crippen molar-refractivity contribution in [1.82, 2.24) is 0 Å². The molecule has 4 fully saturated rings. The molecule has 0 aliphatic heterocycles. The zero-order valence-corrected chi connectivity index (χ0v) is 14.2. The van der Waals surface area contributed by atoms with E-state index in [9.17, 15) is 4.79 Å². The van der Waals surface area contributed by atoms with Crippen molar-refractivity contribution in [1.29, 1.82) is 0 Å². The number of hydrogen-bond donors (Lipinski definition) is 0. The van der Waals surface area contributed by atoms with Crippen molar-refractivity contribution in [3.63, 3.8) is 0 Å². The fourth-order valence-corrected chi connectivity index (χ4v) is 7.38. The van der Waals surface area contributed by atoms with Gasteiger partial charge in [-0.25, -0.2) is 0 Å². The maximum absolute atomic E-state index is 12.4. The molecule has 0 saturated heterocycles. The minimum Gasteiger partial charge on any atom is -0.299 e. The van der Waals surface area contributed by atoms with E-state index in [1.807, 2.05) is 0 Å². The summed E-state index contributed by atoms with van der Waals surface area (Å²) in [6.07, 6.45) is 13.2. The maximum atomic E-state index is 12.4. The topological polar surface area (TPSA) is 17.1 Å². The van der Waals surface area contributed by atoms with E-state index in [4.69, 9.17) is 0 Å². The standard InChI is InChI=1S/C20H32O/c1-18-10-4-5-11-20(18,3)16-9-13-19(2)15(6-7-17(19)21)14(16)8-12-18/h14-16H,4-13H2,1-3H3. The van der Waals surface area contributed by atoms with Crippen molar-refractivity contribution in [2.75, 3.05) is 0 Å².